The van der Waals surface area contributed by atoms with Gasteiger partial charge in [0.25, 0.3) is 5.91 Å². The summed E-state index contributed by atoms with van der Waals surface area (Å²) in [6, 6.07) is 7.50. The van der Waals surface area contributed by atoms with Gasteiger partial charge in [0.2, 0.25) is 0 Å². The van der Waals surface area contributed by atoms with E-state index in [0.29, 0.717) is 11.4 Å². The number of aromatic nitrogens is 4. The van der Waals surface area contributed by atoms with E-state index in [1.807, 2.05) is 36.1 Å². The largest absolute Gasteiger partial charge is 0.381 e. The second-order valence-electron chi connectivity index (χ2n) is 6.82. The molecule has 4 rings (SSSR count). The predicted octanol–water partition coefficient (Wildman–Crippen LogP) is 1.61. The van der Waals surface area contributed by atoms with Crippen molar-refractivity contribution in [1.82, 2.24) is 25.1 Å². The van der Waals surface area contributed by atoms with Gasteiger partial charge in [-0.1, -0.05) is 6.07 Å². The van der Waals surface area contributed by atoms with Crippen LogP contribution in [0.5, 0.6) is 0 Å². The molecule has 24 heavy (non-hydrogen) atoms. The number of tetrazole rings is 1. The average molecular weight is 327 g/mol. The molecule has 0 saturated carbocycles. The zero-order chi connectivity index (χ0) is 16.6. The number of hydrogen-bond acceptors (Lipinski definition) is 5. The van der Waals surface area contributed by atoms with Gasteiger partial charge in [-0.2, -0.15) is 4.68 Å². The fourth-order valence-electron chi connectivity index (χ4n) is 3.78. The van der Waals surface area contributed by atoms with Crippen LogP contribution in [0.15, 0.2) is 24.3 Å². The van der Waals surface area contributed by atoms with Crippen molar-refractivity contribution in [3.63, 3.8) is 0 Å². The summed E-state index contributed by atoms with van der Waals surface area (Å²) in [6.07, 6.45) is 3.25. The minimum absolute atomic E-state index is 0.0774. The fraction of sp³-hybridized carbons (Fsp3) is 0.529. The number of aryl methyl sites for hydroxylation is 1. The molecule has 2 aromatic rings. The van der Waals surface area contributed by atoms with Gasteiger partial charge in [-0.15, -0.1) is 5.10 Å². The van der Waals surface area contributed by atoms with Gasteiger partial charge >= 0.3 is 0 Å². The Kier molecular flexibility index (Phi) is 3.80. The van der Waals surface area contributed by atoms with E-state index in [0.717, 1.165) is 51.3 Å². The number of carbonyl (C=O) groups excluding carboxylic acids is 1. The first kappa shape index (κ1) is 15.3. The molecule has 0 N–H and O–H groups in total. The van der Waals surface area contributed by atoms with Crippen molar-refractivity contribution in [3.05, 3.63) is 35.7 Å². The summed E-state index contributed by atoms with van der Waals surface area (Å²) in [5, 5.41) is 11.5. The second kappa shape index (κ2) is 5.98. The van der Waals surface area contributed by atoms with Crippen molar-refractivity contribution in [2.45, 2.75) is 26.2 Å². The Balaban J connectivity index is 1.57. The number of nitrogens with zero attached hydrogens (tertiary/aromatic N) is 5. The van der Waals surface area contributed by atoms with Gasteiger partial charge in [-0.05, 0) is 54.8 Å². The number of benzene rings is 1. The van der Waals surface area contributed by atoms with Crippen molar-refractivity contribution in [1.29, 1.82) is 0 Å². The van der Waals surface area contributed by atoms with Gasteiger partial charge < -0.3 is 9.64 Å². The smallest absolute Gasteiger partial charge is 0.253 e. The van der Waals surface area contributed by atoms with E-state index >= 15 is 0 Å². The monoisotopic (exact) mass is 327 g/mol. The maximum Gasteiger partial charge on any atom is 0.253 e. The third kappa shape index (κ3) is 2.69. The molecule has 2 aliphatic rings. The van der Waals surface area contributed by atoms with Gasteiger partial charge in [-0.25, -0.2) is 0 Å². The summed E-state index contributed by atoms with van der Waals surface area (Å²) >= 11 is 0. The summed E-state index contributed by atoms with van der Waals surface area (Å²) in [6.45, 7) is 5.04. The quantitative estimate of drug-likeness (QED) is 0.838. The van der Waals surface area contributed by atoms with E-state index in [1.165, 1.54) is 0 Å². The predicted molar refractivity (Wildman–Crippen MR) is 86.9 cm³/mol. The number of ether oxygens (including phenoxy) is 1. The number of rotatable bonds is 2. The molecule has 1 spiro atoms. The van der Waals surface area contributed by atoms with Crippen LogP contribution in [0.1, 0.15) is 35.4 Å². The molecule has 7 heteroatoms. The van der Waals surface area contributed by atoms with Crippen molar-refractivity contribution in [2.75, 3.05) is 26.3 Å². The van der Waals surface area contributed by atoms with Crippen molar-refractivity contribution in [3.8, 4) is 5.69 Å². The highest BCUT2D eigenvalue weighted by molar-refractivity contribution is 5.94. The fourth-order valence-corrected chi connectivity index (χ4v) is 3.78. The topological polar surface area (TPSA) is 73.1 Å². The van der Waals surface area contributed by atoms with E-state index in [9.17, 15) is 4.79 Å². The first-order valence-corrected chi connectivity index (χ1v) is 8.39. The van der Waals surface area contributed by atoms with E-state index in [4.69, 9.17) is 4.74 Å². The van der Waals surface area contributed by atoms with Gasteiger partial charge in [0.15, 0.2) is 5.82 Å². The number of piperidine rings is 1. The Morgan fingerprint density at radius 2 is 2.25 bits per heavy atom. The van der Waals surface area contributed by atoms with Crippen LogP contribution in [0.3, 0.4) is 0 Å². The molecular weight excluding hydrogens is 306 g/mol. The summed E-state index contributed by atoms with van der Waals surface area (Å²) in [5.74, 6) is 0.771. The van der Waals surface area contributed by atoms with Gasteiger partial charge in [0, 0.05) is 30.7 Å². The van der Waals surface area contributed by atoms with Crippen LogP contribution in [0.25, 0.3) is 5.69 Å². The van der Waals surface area contributed by atoms with E-state index in [1.54, 1.807) is 4.68 Å². The molecule has 1 aromatic heterocycles. The first-order valence-electron chi connectivity index (χ1n) is 8.39. The van der Waals surface area contributed by atoms with E-state index in [-0.39, 0.29) is 11.3 Å². The minimum Gasteiger partial charge on any atom is -0.381 e. The van der Waals surface area contributed by atoms with Crippen molar-refractivity contribution >= 4 is 5.91 Å². The van der Waals surface area contributed by atoms with Crippen LogP contribution in [0.4, 0.5) is 0 Å². The number of likely N-dealkylation sites (tertiary alicyclic amines) is 1. The summed E-state index contributed by atoms with van der Waals surface area (Å²) in [7, 11) is 0. The Bertz CT molecular complexity index is 751. The van der Waals surface area contributed by atoms with Crippen LogP contribution in [-0.2, 0) is 4.74 Å². The molecule has 3 heterocycles. The average Bonchev–Trinajstić information content (AvgIpc) is 3.24. The molecular formula is C17H21N5O2. The molecule has 126 valence electrons. The highest BCUT2D eigenvalue weighted by Gasteiger charge is 2.40. The molecule has 7 nitrogen and oxygen atoms in total. The third-order valence-corrected chi connectivity index (χ3v) is 5.10. The van der Waals surface area contributed by atoms with Gasteiger partial charge in [0.05, 0.1) is 12.3 Å². The van der Waals surface area contributed by atoms with Gasteiger partial charge in [-0.3, -0.25) is 4.79 Å². The Labute approximate surface area is 140 Å². The number of amides is 1. The zero-order valence-corrected chi connectivity index (χ0v) is 13.8. The SMILES string of the molecule is Cc1nnnn1-c1cccc(C(=O)N2CCC[C@]3(CCOC3)C2)c1. The van der Waals surface area contributed by atoms with Crippen molar-refractivity contribution in [2.24, 2.45) is 5.41 Å². The number of carbonyl (C=O) groups is 1. The molecule has 0 radical (unpaired) electrons. The lowest BCUT2D eigenvalue weighted by molar-refractivity contribution is 0.0462. The Morgan fingerprint density at radius 1 is 1.33 bits per heavy atom. The zero-order valence-electron chi connectivity index (χ0n) is 13.8. The number of hydrogen-bond donors (Lipinski definition) is 0. The Morgan fingerprint density at radius 3 is 3.00 bits per heavy atom. The molecule has 2 saturated heterocycles. The van der Waals surface area contributed by atoms with Crippen LogP contribution in [0.2, 0.25) is 0 Å². The van der Waals surface area contributed by atoms with Gasteiger partial charge in [0.1, 0.15) is 0 Å². The molecule has 2 aliphatic heterocycles. The minimum atomic E-state index is 0.0774. The van der Waals surface area contributed by atoms with Crippen LogP contribution >= 0.6 is 0 Å². The van der Waals surface area contributed by atoms with Crippen LogP contribution in [-0.4, -0.2) is 57.3 Å². The lowest BCUT2D eigenvalue weighted by Crippen LogP contribution is -2.46. The lowest BCUT2D eigenvalue weighted by atomic mass is 9.79. The molecule has 1 amide bonds. The highest BCUT2D eigenvalue weighted by atomic mass is 16.5. The highest BCUT2D eigenvalue weighted by Crippen LogP contribution is 2.38. The third-order valence-electron chi connectivity index (χ3n) is 5.10. The summed E-state index contributed by atoms with van der Waals surface area (Å²) in [4.78, 5) is 14.9. The maximum atomic E-state index is 13.0. The van der Waals surface area contributed by atoms with Crippen molar-refractivity contribution < 1.29 is 9.53 Å². The summed E-state index contributed by atoms with van der Waals surface area (Å²) < 4.78 is 7.23. The van der Waals surface area contributed by atoms with E-state index < -0.39 is 0 Å². The molecule has 1 aromatic carbocycles. The normalized spacial score (nSPS) is 23.8. The Hall–Kier alpha value is -2.28. The molecule has 0 bridgehead atoms. The standard InChI is InChI=1S/C17H21N5O2/c1-13-18-19-20-22(13)15-5-2-4-14(10-15)16(23)21-8-3-6-17(11-21)7-9-24-12-17/h2,4-5,10H,3,6-9,11-12H2,1H3/t17-/m0/s1. The van der Waals surface area contributed by atoms with E-state index in [2.05, 4.69) is 15.5 Å². The first-order chi connectivity index (χ1) is 11.7. The maximum absolute atomic E-state index is 13.0. The second-order valence-corrected chi connectivity index (χ2v) is 6.82. The van der Waals surface area contributed by atoms with Crippen LogP contribution < -0.4 is 0 Å². The molecule has 1 atom stereocenters. The molecule has 0 aliphatic carbocycles. The molecule has 2 fully saturated rings. The summed E-state index contributed by atoms with van der Waals surface area (Å²) in [5.41, 5.74) is 1.65. The lowest BCUT2D eigenvalue weighted by Gasteiger charge is -2.39. The van der Waals surface area contributed by atoms with Crippen LogP contribution in [0, 0.1) is 12.3 Å². The molecule has 0 unspecified atom stereocenters.